The molecule has 1 aromatic carbocycles. The Hall–Kier alpha value is -2.33. The highest BCUT2D eigenvalue weighted by Crippen LogP contribution is 2.27. The summed E-state index contributed by atoms with van der Waals surface area (Å²) in [5.74, 6) is 2.60. The van der Waals surface area contributed by atoms with Gasteiger partial charge in [-0.25, -0.2) is 4.98 Å². The molecule has 0 unspecified atom stereocenters. The summed E-state index contributed by atoms with van der Waals surface area (Å²) in [6, 6.07) is 14.7. The first-order valence-electron chi connectivity index (χ1n) is 8.65. The lowest BCUT2D eigenvalue weighted by Crippen LogP contribution is -2.32. The van der Waals surface area contributed by atoms with Gasteiger partial charge in [0.2, 0.25) is 5.89 Å². The molecule has 1 fully saturated rings. The van der Waals surface area contributed by atoms with Crippen LogP contribution in [0.4, 0.5) is 0 Å². The minimum absolute atomic E-state index is 0.585. The minimum Gasteiger partial charge on any atom is -0.468 e. The molecule has 1 aliphatic rings. The van der Waals surface area contributed by atoms with E-state index in [0.717, 1.165) is 36.1 Å². The third-order valence-electron chi connectivity index (χ3n) is 4.73. The van der Waals surface area contributed by atoms with Crippen LogP contribution in [0.25, 0.3) is 11.3 Å². The van der Waals surface area contributed by atoms with Crippen molar-refractivity contribution >= 4 is 0 Å². The molecule has 4 heteroatoms. The predicted octanol–water partition coefficient (Wildman–Crippen LogP) is 4.88. The summed E-state index contributed by atoms with van der Waals surface area (Å²) in [6.07, 6.45) is 8.66. The van der Waals surface area contributed by atoms with E-state index < -0.39 is 0 Å². The minimum atomic E-state index is 0.585. The lowest BCUT2D eigenvalue weighted by molar-refractivity contribution is 0.152. The summed E-state index contributed by atoms with van der Waals surface area (Å²) < 4.78 is 11.5. The van der Waals surface area contributed by atoms with Crippen LogP contribution in [0.15, 0.2) is 63.8 Å². The van der Waals surface area contributed by atoms with Crippen LogP contribution in [0, 0.1) is 0 Å². The van der Waals surface area contributed by atoms with Gasteiger partial charge in [-0.1, -0.05) is 43.2 Å². The number of aromatic nitrogens is 1. The highest BCUT2D eigenvalue weighted by atomic mass is 16.4. The number of hydrogen-bond acceptors (Lipinski definition) is 4. The normalized spacial score (nSPS) is 15.4. The Morgan fingerprint density at radius 1 is 1.00 bits per heavy atom. The van der Waals surface area contributed by atoms with Crippen molar-refractivity contribution in [1.82, 2.24) is 9.88 Å². The first-order valence-corrected chi connectivity index (χ1v) is 8.65. The average Bonchev–Trinajstić information content (AvgIpc) is 3.38. The molecular weight excluding hydrogens is 300 g/mol. The standard InChI is InChI=1S/C20H22N2O2/c1-2-7-16(8-3-1)19-13-21-20(24-19)15-22(17-9-4-5-10-17)14-18-11-6-12-23-18/h1-3,6-8,11-13,17H,4-5,9-10,14-15H2. The quantitative estimate of drug-likeness (QED) is 0.648. The third-order valence-corrected chi connectivity index (χ3v) is 4.73. The van der Waals surface area contributed by atoms with Crippen molar-refractivity contribution in [2.24, 2.45) is 0 Å². The van der Waals surface area contributed by atoms with Crippen LogP contribution in [-0.4, -0.2) is 15.9 Å². The molecule has 2 heterocycles. The highest BCUT2D eigenvalue weighted by Gasteiger charge is 2.25. The fraction of sp³-hybridized carbons (Fsp3) is 0.350. The molecule has 1 aliphatic carbocycles. The van der Waals surface area contributed by atoms with Crippen LogP contribution in [0.3, 0.4) is 0 Å². The molecule has 2 aromatic heterocycles. The summed E-state index contributed by atoms with van der Waals surface area (Å²) in [5, 5.41) is 0. The van der Waals surface area contributed by atoms with Gasteiger partial charge in [-0.2, -0.15) is 0 Å². The van der Waals surface area contributed by atoms with Crippen molar-refractivity contribution in [1.29, 1.82) is 0 Å². The van der Waals surface area contributed by atoms with Gasteiger partial charge in [0, 0.05) is 11.6 Å². The Labute approximate surface area is 142 Å². The van der Waals surface area contributed by atoms with E-state index in [0.29, 0.717) is 6.04 Å². The van der Waals surface area contributed by atoms with E-state index in [1.807, 2.05) is 48.7 Å². The fourth-order valence-corrected chi connectivity index (χ4v) is 3.48. The second kappa shape index (κ2) is 7.05. The molecule has 0 saturated heterocycles. The zero-order chi connectivity index (χ0) is 16.2. The van der Waals surface area contributed by atoms with Crippen molar-refractivity contribution in [2.45, 2.75) is 44.8 Å². The van der Waals surface area contributed by atoms with Crippen molar-refractivity contribution < 1.29 is 8.83 Å². The summed E-state index contributed by atoms with van der Waals surface area (Å²) in [7, 11) is 0. The maximum atomic E-state index is 6.00. The molecule has 124 valence electrons. The first kappa shape index (κ1) is 15.2. The van der Waals surface area contributed by atoms with Gasteiger partial charge in [-0.15, -0.1) is 0 Å². The smallest absolute Gasteiger partial charge is 0.209 e. The van der Waals surface area contributed by atoms with Crippen LogP contribution >= 0.6 is 0 Å². The van der Waals surface area contributed by atoms with E-state index in [4.69, 9.17) is 8.83 Å². The monoisotopic (exact) mass is 322 g/mol. The Balaban J connectivity index is 1.50. The third kappa shape index (κ3) is 3.44. The first-order chi connectivity index (χ1) is 11.9. The van der Waals surface area contributed by atoms with Crippen molar-refractivity contribution in [3.63, 3.8) is 0 Å². The number of nitrogens with zero attached hydrogens (tertiary/aromatic N) is 2. The molecule has 0 radical (unpaired) electrons. The van der Waals surface area contributed by atoms with Gasteiger partial charge in [0.1, 0.15) is 5.76 Å². The maximum absolute atomic E-state index is 6.00. The number of furan rings is 1. The Morgan fingerprint density at radius 3 is 2.58 bits per heavy atom. The van der Waals surface area contributed by atoms with Crippen LogP contribution < -0.4 is 0 Å². The van der Waals surface area contributed by atoms with E-state index in [1.165, 1.54) is 25.7 Å². The molecule has 0 atom stereocenters. The summed E-state index contributed by atoms with van der Waals surface area (Å²) in [5.41, 5.74) is 1.06. The fourth-order valence-electron chi connectivity index (χ4n) is 3.48. The Morgan fingerprint density at radius 2 is 1.83 bits per heavy atom. The van der Waals surface area contributed by atoms with Gasteiger partial charge < -0.3 is 8.83 Å². The number of oxazole rings is 1. The van der Waals surface area contributed by atoms with Gasteiger partial charge in [0.25, 0.3) is 0 Å². The van der Waals surface area contributed by atoms with E-state index >= 15 is 0 Å². The van der Waals surface area contributed by atoms with Crippen molar-refractivity contribution in [3.8, 4) is 11.3 Å². The summed E-state index contributed by atoms with van der Waals surface area (Å²) in [4.78, 5) is 6.93. The highest BCUT2D eigenvalue weighted by molar-refractivity contribution is 5.55. The lowest BCUT2D eigenvalue weighted by atomic mass is 10.2. The maximum Gasteiger partial charge on any atom is 0.209 e. The van der Waals surface area contributed by atoms with E-state index in [1.54, 1.807) is 6.26 Å². The lowest BCUT2D eigenvalue weighted by Gasteiger charge is -2.26. The largest absolute Gasteiger partial charge is 0.468 e. The average molecular weight is 322 g/mol. The SMILES string of the molecule is c1ccc(-c2cnc(CN(Cc3ccco3)C3CCCC3)o2)cc1. The predicted molar refractivity (Wildman–Crippen MR) is 92.2 cm³/mol. The summed E-state index contributed by atoms with van der Waals surface area (Å²) in [6.45, 7) is 1.53. The molecule has 4 rings (SSSR count). The van der Waals surface area contributed by atoms with E-state index in [-0.39, 0.29) is 0 Å². The molecule has 3 aromatic rings. The number of rotatable bonds is 6. The zero-order valence-electron chi connectivity index (χ0n) is 13.7. The van der Waals surface area contributed by atoms with Crippen LogP contribution in [0.5, 0.6) is 0 Å². The zero-order valence-corrected chi connectivity index (χ0v) is 13.7. The topological polar surface area (TPSA) is 42.4 Å². The molecule has 0 bridgehead atoms. The Bertz CT molecular complexity index is 743. The molecule has 0 aliphatic heterocycles. The van der Waals surface area contributed by atoms with Crippen LogP contribution in [0.2, 0.25) is 0 Å². The second-order valence-corrected chi connectivity index (χ2v) is 6.41. The second-order valence-electron chi connectivity index (χ2n) is 6.41. The summed E-state index contributed by atoms with van der Waals surface area (Å²) >= 11 is 0. The van der Waals surface area contributed by atoms with Crippen molar-refractivity contribution in [2.75, 3.05) is 0 Å². The van der Waals surface area contributed by atoms with Gasteiger partial charge in [0.15, 0.2) is 5.76 Å². The van der Waals surface area contributed by atoms with Crippen LogP contribution in [-0.2, 0) is 13.1 Å². The molecule has 1 saturated carbocycles. The van der Waals surface area contributed by atoms with Gasteiger partial charge in [0.05, 0.1) is 25.5 Å². The molecule has 24 heavy (non-hydrogen) atoms. The van der Waals surface area contributed by atoms with Crippen molar-refractivity contribution in [3.05, 3.63) is 66.6 Å². The van der Waals surface area contributed by atoms with Gasteiger partial charge in [-0.3, -0.25) is 4.90 Å². The molecular formula is C20H22N2O2. The molecule has 0 spiro atoms. The van der Waals surface area contributed by atoms with Gasteiger partial charge in [-0.05, 0) is 25.0 Å². The molecule has 0 N–H and O–H groups in total. The molecule has 0 amide bonds. The Kier molecular flexibility index (Phi) is 4.47. The van der Waals surface area contributed by atoms with E-state index in [9.17, 15) is 0 Å². The number of benzene rings is 1. The number of hydrogen-bond donors (Lipinski definition) is 0. The van der Waals surface area contributed by atoms with Crippen LogP contribution in [0.1, 0.15) is 37.3 Å². The van der Waals surface area contributed by atoms with E-state index in [2.05, 4.69) is 9.88 Å². The molecule has 4 nitrogen and oxygen atoms in total. The van der Waals surface area contributed by atoms with Gasteiger partial charge >= 0.3 is 0 Å².